The minimum atomic E-state index is -5.47. The molecular formula is C30H38F3N3O8S. The largest absolute Gasteiger partial charge is 0.501 e. The average molecular weight is 658 g/mol. The van der Waals surface area contributed by atoms with E-state index in [0.29, 0.717) is 18.6 Å². The molecule has 2 amide bonds. The number of hydrogen-bond acceptors (Lipinski definition) is 9. The molecule has 0 aliphatic carbocycles. The second-order valence-corrected chi connectivity index (χ2v) is 13.7. The number of amides is 2. The molecule has 2 heterocycles. The number of piperidine rings is 1. The lowest BCUT2D eigenvalue weighted by atomic mass is 9.85. The van der Waals surface area contributed by atoms with Gasteiger partial charge in [-0.05, 0) is 49.6 Å². The van der Waals surface area contributed by atoms with Crippen LogP contribution in [0.3, 0.4) is 0 Å². The summed E-state index contributed by atoms with van der Waals surface area (Å²) in [7, 11) is -3.91. The van der Waals surface area contributed by atoms with E-state index in [2.05, 4.69) is 10.6 Å². The van der Waals surface area contributed by atoms with Gasteiger partial charge in [0.25, 0.3) is 15.7 Å². The molecule has 2 saturated heterocycles. The number of nitrogens with zero attached hydrogens (tertiary/aromatic N) is 1. The van der Waals surface area contributed by atoms with E-state index in [9.17, 15) is 36.3 Å². The number of ether oxygens (including phenoxy) is 3. The number of alkyl halides is 3. The highest BCUT2D eigenvalue weighted by atomic mass is 32.2. The number of hydrogen-bond donors (Lipinski definition) is 3. The number of halogens is 3. The van der Waals surface area contributed by atoms with Crippen LogP contribution in [0.2, 0.25) is 0 Å². The first-order valence-electron chi connectivity index (χ1n) is 14.5. The monoisotopic (exact) mass is 657 g/mol. The number of aliphatic hydroxyl groups is 1. The molecule has 2 aliphatic rings. The van der Waals surface area contributed by atoms with Gasteiger partial charge in [-0.2, -0.15) is 13.2 Å². The molecule has 3 N–H and O–H groups in total. The van der Waals surface area contributed by atoms with Crippen LogP contribution in [0.1, 0.15) is 45.0 Å². The second-order valence-electron chi connectivity index (χ2n) is 11.7. The molecule has 45 heavy (non-hydrogen) atoms. The summed E-state index contributed by atoms with van der Waals surface area (Å²) < 4.78 is 79.2. The van der Waals surface area contributed by atoms with Crippen LogP contribution in [0.25, 0.3) is 0 Å². The smallest absolute Gasteiger partial charge is 0.497 e. The standard InChI is InChI=1S/C30H38F3N3O8S/c1-29(2)18-43-28(19-7-9-22(42-3)10-8-19)44-25(29)26(38)34-14-11-24(37)27(39)36-15-12-20(13-16-36)35-21-5-4-6-23(17-21)45(40,41)30(31,32)33/h4-10,17,20,24-25,28,35,37H,11-16,18H2,1-3H3,(H,34,38)/t24?,25?,28-/m1/s1. The Morgan fingerprint density at radius 1 is 1.13 bits per heavy atom. The van der Waals surface area contributed by atoms with Gasteiger partial charge in [-0.1, -0.05) is 32.0 Å². The van der Waals surface area contributed by atoms with Crippen molar-refractivity contribution in [1.29, 1.82) is 0 Å². The van der Waals surface area contributed by atoms with Crippen molar-refractivity contribution in [2.75, 3.05) is 38.7 Å². The van der Waals surface area contributed by atoms with Gasteiger partial charge in [-0.15, -0.1) is 0 Å². The maximum absolute atomic E-state index is 13.1. The van der Waals surface area contributed by atoms with E-state index in [1.165, 1.54) is 17.0 Å². The summed E-state index contributed by atoms with van der Waals surface area (Å²) in [5.41, 5.74) is -5.09. The topological polar surface area (TPSA) is 144 Å². The fourth-order valence-corrected chi connectivity index (χ4v) is 6.00. The van der Waals surface area contributed by atoms with Crippen LogP contribution < -0.4 is 15.4 Å². The summed E-state index contributed by atoms with van der Waals surface area (Å²) in [5, 5.41) is 16.3. The van der Waals surface area contributed by atoms with Gasteiger partial charge < -0.3 is 34.9 Å². The lowest BCUT2D eigenvalue weighted by Gasteiger charge is -2.41. The highest BCUT2D eigenvalue weighted by Gasteiger charge is 2.47. The predicted octanol–water partition coefficient (Wildman–Crippen LogP) is 3.40. The Labute approximate surface area is 259 Å². The maximum atomic E-state index is 13.1. The Bertz CT molecular complexity index is 1450. The Morgan fingerprint density at radius 3 is 2.42 bits per heavy atom. The Kier molecular flexibility index (Phi) is 10.7. The fraction of sp³-hybridized carbons (Fsp3) is 0.533. The van der Waals surface area contributed by atoms with Gasteiger partial charge in [0, 0.05) is 42.3 Å². The number of nitrogens with one attached hydrogen (secondary N) is 2. The van der Waals surface area contributed by atoms with Crippen molar-refractivity contribution >= 4 is 27.3 Å². The molecule has 0 saturated carbocycles. The van der Waals surface area contributed by atoms with Gasteiger partial charge >= 0.3 is 5.51 Å². The second kappa shape index (κ2) is 13.9. The van der Waals surface area contributed by atoms with E-state index in [-0.39, 0.29) is 50.3 Å². The van der Waals surface area contributed by atoms with Gasteiger partial charge in [-0.3, -0.25) is 9.59 Å². The Hall–Kier alpha value is -3.40. The van der Waals surface area contributed by atoms with Crippen molar-refractivity contribution < 1.29 is 50.5 Å². The third kappa shape index (κ3) is 8.26. The molecule has 2 aliphatic heterocycles. The highest BCUT2D eigenvalue weighted by molar-refractivity contribution is 7.92. The molecule has 2 aromatic rings. The van der Waals surface area contributed by atoms with Crippen molar-refractivity contribution in [2.24, 2.45) is 5.41 Å². The van der Waals surface area contributed by atoms with E-state index in [0.717, 1.165) is 17.7 Å². The van der Waals surface area contributed by atoms with Crippen molar-refractivity contribution in [3.63, 3.8) is 0 Å². The van der Waals surface area contributed by atoms with Crippen molar-refractivity contribution in [1.82, 2.24) is 10.2 Å². The average Bonchev–Trinajstić information content (AvgIpc) is 3.00. The predicted molar refractivity (Wildman–Crippen MR) is 157 cm³/mol. The molecule has 0 aromatic heterocycles. The molecule has 0 bridgehead atoms. The van der Waals surface area contributed by atoms with Gasteiger partial charge in [-0.25, -0.2) is 8.42 Å². The summed E-state index contributed by atoms with van der Waals surface area (Å²) in [5.74, 6) is -0.213. The third-order valence-corrected chi connectivity index (χ3v) is 9.31. The molecule has 15 heteroatoms. The fourth-order valence-electron chi connectivity index (χ4n) is 5.19. The van der Waals surface area contributed by atoms with E-state index < -0.39 is 50.1 Å². The van der Waals surface area contributed by atoms with Crippen molar-refractivity contribution in [2.45, 2.75) is 68.1 Å². The Balaban J connectivity index is 1.23. The van der Waals surface area contributed by atoms with E-state index in [1.54, 1.807) is 31.4 Å². The summed E-state index contributed by atoms with van der Waals surface area (Å²) in [6, 6.07) is 11.4. The quantitative estimate of drug-likeness (QED) is 0.350. The number of likely N-dealkylation sites (tertiary alicyclic amines) is 1. The van der Waals surface area contributed by atoms with Crippen LogP contribution in [-0.4, -0.2) is 87.3 Å². The molecule has 3 atom stereocenters. The molecular weight excluding hydrogens is 619 g/mol. The van der Waals surface area contributed by atoms with Crippen LogP contribution >= 0.6 is 0 Å². The molecule has 4 rings (SSSR count). The molecule has 2 aromatic carbocycles. The van der Waals surface area contributed by atoms with Gasteiger partial charge in [0.1, 0.15) is 18.0 Å². The summed E-state index contributed by atoms with van der Waals surface area (Å²) in [6.07, 6.45) is -2.11. The molecule has 0 spiro atoms. The van der Waals surface area contributed by atoms with E-state index in [1.807, 2.05) is 13.8 Å². The molecule has 0 radical (unpaired) electrons. The Morgan fingerprint density at radius 2 is 1.80 bits per heavy atom. The summed E-state index contributed by atoms with van der Waals surface area (Å²) in [4.78, 5) is 26.6. The summed E-state index contributed by atoms with van der Waals surface area (Å²) >= 11 is 0. The number of methoxy groups -OCH3 is 1. The first-order chi connectivity index (χ1) is 21.1. The molecule has 248 valence electrons. The minimum Gasteiger partial charge on any atom is -0.497 e. The van der Waals surface area contributed by atoms with Crippen molar-refractivity contribution in [3.8, 4) is 5.75 Å². The van der Waals surface area contributed by atoms with Gasteiger partial charge in [0.05, 0.1) is 18.6 Å². The number of aliphatic hydroxyl groups excluding tert-OH is 1. The van der Waals surface area contributed by atoms with Crippen LogP contribution in [0.15, 0.2) is 53.4 Å². The maximum Gasteiger partial charge on any atom is 0.501 e. The highest BCUT2D eigenvalue weighted by Crippen LogP contribution is 2.37. The lowest BCUT2D eigenvalue weighted by Crippen LogP contribution is -2.52. The molecule has 11 nitrogen and oxygen atoms in total. The summed E-state index contributed by atoms with van der Waals surface area (Å²) in [6.45, 7) is 4.55. The molecule has 2 unspecified atom stereocenters. The number of benzene rings is 2. The lowest BCUT2D eigenvalue weighted by molar-refractivity contribution is -0.258. The molecule has 2 fully saturated rings. The number of carbonyl (C=O) groups excluding carboxylic acids is 2. The number of rotatable bonds is 10. The minimum absolute atomic E-state index is 0.0191. The third-order valence-electron chi connectivity index (χ3n) is 7.83. The van der Waals surface area contributed by atoms with Crippen LogP contribution in [0, 0.1) is 5.41 Å². The van der Waals surface area contributed by atoms with Crippen molar-refractivity contribution in [3.05, 3.63) is 54.1 Å². The number of sulfone groups is 1. The van der Waals surface area contributed by atoms with Gasteiger partial charge in [0.2, 0.25) is 5.91 Å². The van der Waals surface area contributed by atoms with E-state index >= 15 is 0 Å². The van der Waals surface area contributed by atoms with Crippen LogP contribution in [0.5, 0.6) is 5.75 Å². The van der Waals surface area contributed by atoms with E-state index in [4.69, 9.17) is 14.2 Å². The first kappa shape index (κ1) is 34.5. The van der Waals surface area contributed by atoms with Crippen LogP contribution in [-0.2, 0) is 28.9 Å². The number of carbonyl (C=O) groups is 2. The number of anilines is 1. The first-order valence-corrected chi connectivity index (χ1v) is 15.9. The zero-order valence-corrected chi connectivity index (χ0v) is 26.0. The SMILES string of the molecule is COc1ccc([C@@H]2OCC(C)(C)C(C(=O)NCCC(O)C(=O)N3CCC(Nc4cccc(S(=O)(=O)C(F)(F)F)c4)CC3)O2)cc1. The zero-order valence-electron chi connectivity index (χ0n) is 25.2. The van der Waals surface area contributed by atoms with Gasteiger partial charge in [0.15, 0.2) is 6.29 Å². The van der Waals surface area contributed by atoms with Crippen LogP contribution in [0.4, 0.5) is 18.9 Å². The zero-order chi connectivity index (χ0) is 33.0. The normalized spacial score (nSPS) is 21.5.